The zero-order valence-electron chi connectivity index (χ0n) is 9.04. The molecule has 1 saturated carbocycles. The summed E-state index contributed by atoms with van der Waals surface area (Å²) in [7, 11) is 0. The number of aliphatic hydroxyl groups is 1. The van der Waals surface area contributed by atoms with E-state index >= 15 is 0 Å². The Balaban J connectivity index is 2.48. The van der Waals surface area contributed by atoms with Crippen molar-refractivity contribution in [2.45, 2.75) is 50.0 Å². The van der Waals surface area contributed by atoms with Crippen LogP contribution >= 0.6 is 11.8 Å². The van der Waals surface area contributed by atoms with Crippen molar-refractivity contribution in [2.75, 3.05) is 6.26 Å². The molecule has 2 atom stereocenters. The van der Waals surface area contributed by atoms with E-state index in [2.05, 4.69) is 11.6 Å². The van der Waals surface area contributed by atoms with E-state index in [4.69, 9.17) is 0 Å². The Labute approximate surface area is 89.6 Å². The molecule has 0 bridgehead atoms. The van der Waals surface area contributed by atoms with Crippen molar-refractivity contribution < 1.29 is 9.90 Å². The maximum Gasteiger partial charge on any atom is 0.251 e. The van der Waals surface area contributed by atoms with Crippen molar-refractivity contribution in [1.82, 2.24) is 5.32 Å². The highest BCUT2D eigenvalue weighted by molar-refractivity contribution is 7.99. The van der Waals surface area contributed by atoms with Gasteiger partial charge in [0, 0.05) is 11.3 Å². The number of carbonyl (C=O) groups is 1. The summed E-state index contributed by atoms with van der Waals surface area (Å²) in [6.07, 6.45) is 5.44. The zero-order chi connectivity index (χ0) is 10.8. The van der Waals surface area contributed by atoms with Gasteiger partial charge >= 0.3 is 0 Å². The summed E-state index contributed by atoms with van der Waals surface area (Å²) in [5, 5.41) is 12.9. The Bertz CT molecular complexity index is 213. The fraction of sp³-hybridized carbons (Fsp3) is 0.900. The van der Waals surface area contributed by atoms with Crippen LogP contribution in [0.1, 0.15) is 33.1 Å². The van der Waals surface area contributed by atoms with Gasteiger partial charge in [0.1, 0.15) is 5.60 Å². The predicted octanol–water partition coefficient (Wildman–Crippen LogP) is 1.16. The quantitative estimate of drug-likeness (QED) is 0.746. The van der Waals surface area contributed by atoms with Crippen LogP contribution in [0.2, 0.25) is 0 Å². The fourth-order valence-corrected chi connectivity index (χ4v) is 2.65. The standard InChI is InChI=1S/C10H19NO2S/c1-10(2,13)9(12)11-7-5-4-6-8(7)14-3/h7-8,13H,4-6H2,1-3H3,(H,11,12). The summed E-state index contributed by atoms with van der Waals surface area (Å²) in [5.74, 6) is -0.261. The van der Waals surface area contributed by atoms with Gasteiger partial charge in [0.15, 0.2) is 0 Å². The molecule has 1 aliphatic rings. The summed E-state index contributed by atoms with van der Waals surface area (Å²) in [4.78, 5) is 11.5. The van der Waals surface area contributed by atoms with Gasteiger partial charge in [-0.1, -0.05) is 6.42 Å². The first-order chi connectivity index (χ1) is 6.45. The van der Waals surface area contributed by atoms with Crippen LogP contribution in [0.15, 0.2) is 0 Å². The van der Waals surface area contributed by atoms with Gasteiger partial charge in [0.2, 0.25) is 0 Å². The fourth-order valence-electron chi connectivity index (χ4n) is 1.72. The number of carbonyl (C=O) groups excluding carboxylic acids is 1. The van der Waals surface area contributed by atoms with Gasteiger partial charge in [-0.05, 0) is 32.9 Å². The zero-order valence-corrected chi connectivity index (χ0v) is 9.86. The lowest BCUT2D eigenvalue weighted by Gasteiger charge is -2.23. The van der Waals surface area contributed by atoms with Crippen molar-refractivity contribution in [1.29, 1.82) is 0 Å². The molecule has 0 aromatic rings. The van der Waals surface area contributed by atoms with Gasteiger partial charge in [-0.2, -0.15) is 11.8 Å². The highest BCUT2D eigenvalue weighted by atomic mass is 32.2. The third-order valence-electron chi connectivity index (χ3n) is 2.63. The van der Waals surface area contributed by atoms with Gasteiger partial charge in [-0.15, -0.1) is 0 Å². The van der Waals surface area contributed by atoms with Crippen molar-refractivity contribution in [3.8, 4) is 0 Å². The lowest BCUT2D eigenvalue weighted by molar-refractivity contribution is -0.137. The van der Waals surface area contributed by atoms with E-state index in [-0.39, 0.29) is 11.9 Å². The Morgan fingerprint density at radius 1 is 1.50 bits per heavy atom. The second kappa shape index (κ2) is 4.53. The third kappa shape index (κ3) is 2.89. The molecule has 4 heteroatoms. The van der Waals surface area contributed by atoms with Crippen LogP contribution < -0.4 is 5.32 Å². The van der Waals surface area contributed by atoms with E-state index in [0.29, 0.717) is 5.25 Å². The normalized spacial score (nSPS) is 27.7. The first-order valence-corrected chi connectivity index (χ1v) is 6.30. The number of nitrogens with one attached hydrogen (secondary N) is 1. The lowest BCUT2D eigenvalue weighted by atomic mass is 10.1. The van der Waals surface area contributed by atoms with E-state index in [0.717, 1.165) is 12.8 Å². The van der Waals surface area contributed by atoms with Gasteiger partial charge in [0.25, 0.3) is 5.91 Å². The molecule has 1 fully saturated rings. The highest BCUT2D eigenvalue weighted by Gasteiger charge is 2.32. The molecule has 0 radical (unpaired) electrons. The minimum Gasteiger partial charge on any atom is -0.381 e. The van der Waals surface area contributed by atoms with Crippen molar-refractivity contribution >= 4 is 17.7 Å². The molecule has 1 amide bonds. The molecule has 0 saturated heterocycles. The highest BCUT2D eigenvalue weighted by Crippen LogP contribution is 2.28. The minimum atomic E-state index is -1.26. The third-order valence-corrected chi connectivity index (χ3v) is 3.80. The first-order valence-electron chi connectivity index (χ1n) is 5.01. The molecule has 82 valence electrons. The molecule has 1 rings (SSSR count). The molecular weight excluding hydrogens is 198 g/mol. The average Bonchev–Trinajstić information content (AvgIpc) is 2.50. The van der Waals surface area contributed by atoms with E-state index < -0.39 is 5.60 Å². The first kappa shape index (κ1) is 11.9. The summed E-state index contributed by atoms with van der Waals surface area (Å²) in [6, 6.07) is 0.240. The smallest absolute Gasteiger partial charge is 0.251 e. The summed E-state index contributed by atoms with van der Waals surface area (Å²) >= 11 is 1.80. The van der Waals surface area contributed by atoms with Crippen molar-refractivity contribution in [3.63, 3.8) is 0 Å². The minimum absolute atomic E-state index is 0.240. The molecule has 0 aliphatic heterocycles. The van der Waals surface area contributed by atoms with Crippen LogP contribution in [0.4, 0.5) is 0 Å². The van der Waals surface area contributed by atoms with Crippen molar-refractivity contribution in [2.24, 2.45) is 0 Å². The lowest BCUT2D eigenvalue weighted by Crippen LogP contribution is -2.48. The van der Waals surface area contributed by atoms with Crippen molar-refractivity contribution in [3.05, 3.63) is 0 Å². The number of hydrogen-bond acceptors (Lipinski definition) is 3. The molecule has 1 aliphatic carbocycles. The second-order valence-electron chi connectivity index (χ2n) is 4.34. The van der Waals surface area contributed by atoms with E-state index in [9.17, 15) is 9.90 Å². The van der Waals surface area contributed by atoms with Crippen LogP contribution in [0, 0.1) is 0 Å². The van der Waals surface area contributed by atoms with Crippen LogP contribution in [0.5, 0.6) is 0 Å². The number of hydrogen-bond donors (Lipinski definition) is 2. The molecule has 0 aromatic heterocycles. The van der Waals surface area contributed by atoms with Gasteiger partial charge in [0.05, 0.1) is 0 Å². The Hall–Kier alpha value is -0.220. The van der Waals surface area contributed by atoms with Crippen LogP contribution in [-0.4, -0.2) is 34.2 Å². The maximum absolute atomic E-state index is 11.5. The summed E-state index contributed by atoms with van der Waals surface area (Å²) < 4.78 is 0. The van der Waals surface area contributed by atoms with Crippen LogP contribution in [0.3, 0.4) is 0 Å². The summed E-state index contributed by atoms with van der Waals surface area (Å²) in [6.45, 7) is 3.04. The second-order valence-corrected chi connectivity index (χ2v) is 5.42. The van der Waals surface area contributed by atoms with Crippen LogP contribution in [0.25, 0.3) is 0 Å². The number of rotatable bonds is 3. The molecule has 2 N–H and O–H groups in total. The monoisotopic (exact) mass is 217 g/mol. The molecule has 14 heavy (non-hydrogen) atoms. The number of thioether (sulfide) groups is 1. The Morgan fingerprint density at radius 3 is 2.64 bits per heavy atom. The molecule has 0 spiro atoms. The van der Waals surface area contributed by atoms with Gasteiger partial charge in [-0.3, -0.25) is 4.79 Å². The molecule has 2 unspecified atom stereocenters. The average molecular weight is 217 g/mol. The SMILES string of the molecule is CSC1CCCC1NC(=O)C(C)(C)O. The van der Waals surface area contributed by atoms with E-state index in [1.807, 2.05) is 0 Å². The number of amides is 1. The maximum atomic E-state index is 11.5. The van der Waals surface area contributed by atoms with Gasteiger partial charge in [-0.25, -0.2) is 0 Å². The molecule has 0 aromatic carbocycles. The van der Waals surface area contributed by atoms with Crippen LogP contribution in [-0.2, 0) is 4.79 Å². The largest absolute Gasteiger partial charge is 0.381 e. The predicted molar refractivity (Wildman–Crippen MR) is 59.4 cm³/mol. The molecule has 3 nitrogen and oxygen atoms in total. The van der Waals surface area contributed by atoms with E-state index in [1.165, 1.54) is 20.3 Å². The van der Waals surface area contributed by atoms with Gasteiger partial charge < -0.3 is 10.4 Å². The Morgan fingerprint density at radius 2 is 2.14 bits per heavy atom. The molecule has 0 heterocycles. The van der Waals surface area contributed by atoms with E-state index in [1.54, 1.807) is 11.8 Å². The Kier molecular flexibility index (Phi) is 3.84. The molecular formula is C10H19NO2S. The summed E-state index contributed by atoms with van der Waals surface area (Å²) in [5.41, 5.74) is -1.26. The topological polar surface area (TPSA) is 49.3 Å².